The Kier molecular flexibility index (Phi) is 3.97. The molecule has 4 heterocycles. The highest BCUT2D eigenvalue weighted by atomic mass is 16.3. The lowest BCUT2D eigenvalue weighted by Gasteiger charge is -2.27. The molecule has 4 rings (SSSR count). The van der Waals surface area contributed by atoms with Gasteiger partial charge >= 0.3 is 0 Å². The summed E-state index contributed by atoms with van der Waals surface area (Å²) in [6.45, 7) is 1.59. The lowest BCUT2D eigenvalue weighted by Crippen LogP contribution is -2.31. The minimum Gasteiger partial charge on any atom is -0.506 e. The number of aliphatic hydroxyl groups is 2. The Balaban J connectivity index is 1.72. The van der Waals surface area contributed by atoms with Gasteiger partial charge in [-0.3, -0.25) is 5.11 Å². The van der Waals surface area contributed by atoms with E-state index in [4.69, 9.17) is 8.83 Å². The van der Waals surface area contributed by atoms with Gasteiger partial charge < -0.3 is 23.9 Å². The molecule has 0 saturated carbocycles. The second-order valence-corrected chi connectivity index (χ2v) is 6.31. The van der Waals surface area contributed by atoms with Crippen LogP contribution in [0.5, 0.6) is 0 Å². The molecule has 1 unspecified atom stereocenters. The van der Waals surface area contributed by atoms with Gasteiger partial charge in [0.15, 0.2) is 0 Å². The minimum absolute atomic E-state index is 0.0494. The Morgan fingerprint density at radius 1 is 1.31 bits per heavy atom. The Bertz CT molecular complexity index is 943. The molecule has 0 bridgehead atoms. The second-order valence-electron chi connectivity index (χ2n) is 6.31. The average Bonchev–Trinajstić information content (AvgIpc) is 3.32. The molecule has 0 aliphatic carbocycles. The molecule has 0 spiro atoms. The van der Waals surface area contributed by atoms with Gasteiger partial charge in [0, 0.05) is 23.8 Å². The molecule has 1 radical (unpaired) electrons. The predicted molar refractivity (Wildman–Crippen MR) is 93.1 cm³/mol. The molecule has 2 aromatic heterocycles. The van der Waals surface area contributed by atoms with Crippen LogP contribution in [0.25, 0.3) is 6.08 Å². The third-order valence-corrected chi connectivity index (χ3v) is 4.54. The molecule has 0 aromatic carbocycles. The van der Waals surface area contributed by atoms with Crippen LogP contribution in [0, 0.1) is 6.92 Å². The van der Waals surface area contributed by atoms with Crippen molar-refractivity contribution in [3.8, 4) is 0 Å². The fourth-order valence-corrected chi connectivity index (χ4v) is 3.27. The number of rotatable bonds is 4. The normalized spacial score (nSPS) is 21.2. The van der Waals surface area contributed by atoms with Gasteiger partial charge in [0.05, 0.1) is 24.6 Å². The molecule has 2 aliphatic heterocycles. The molecule has 1 atom stereocenters. The Morgan fingerprint density at radius 3 is 2.81 bits per heavy atom. The largest absolute Gasteiger partial charge is 0.506 e. The standard InChI is InChI=1S/C20H18NO5/c1-12-4-5-15(26-12)7-13-8-17-20(24)16(9-14-3-2-6-25-14)18(11-22)21(17)10-19(13)23/h2-6,8-10,18,22-23H,7,11H2,1H3/b16-9+. The first kappa shape index (κ1) is 16.4. The van der Waals surface area contributed by atoms with E-state index in [1.54, 1.807) is 29.2 Å². The molecule has 0 amide bonds. The molecule has 0 saturated heterocycles. The monoisotopic (exact) mass is 352 g/mol. The van der Waals surface area contributed by atoms with Gasteiger partial charge in [-0.2, -0.15) is 0 Å². The number of furan rings is 2. The van der Waals surface area contributed by atoms with E-state index >= 15 is 0 Å². The van der Waals surface area contributed by atoms with Gasteiger partial charge in [0.2, 0.25) is 5.76 Å². The smallest absolute Gasteiger partial charge is 0.207 e. The van der Waals surface area contributed by atoms with Gasteiger partial charge in [-0.1, -0.05) is 0 Å². The topological polar surface area (TPSA) is 89.9 Å². The van der Waals surface area contributed by atoms with Crippen molar-refractivity contribution in [2.45, 2.75) is 19.4 Å². The molecule has 2 aromatic rings. The van der Waals surface area contributed by atoms with Gasteiger partial charge in [-0.25, -0.2) is 0 Å². The summed E-state index contributed by atoms with van der Waals surface area (Å²) in [4.78, 5) is 1.60. The van der Waals surface area contributed by atoms with Crippen LogP contribution in [0.1, 0.15) is 17.3 Å². The van der Waals surface area contributed by atoms with Gasteiger partial charge in [0.1, 0.15) is 23.0 Å². The van der Waals surface area contributed by atoms with Crippen molar-refractivity contribution < 1.29 is 24.2 Å². The van der Waals surface area contributed by atoms with Crippen LogP contribution in [0.3, 0.4) is 0 Å². The van der Waals surface area contributed by atoms with Crippen LogP contribution in [0.4, 0.5) is 0 Å². The van der Waals surface area contributed by atoms with E-state index in [0.29, 0.717) is 34.8 Å². The Hall–Kier alpha value is -3.12. The van der Waals surface area contributed by atoms with Crippen molar-refractivity contribution in [3.63, 3.8) is 0 Å². The van der Waals surface area contributed by atoms with Crippen LogP contribution >= 0.6 is 0 Å². The highest BCUT2D eigenvalue weighted by Crippen LogP contribution is 2.39. The molecule has 2 N–H and O–H groups in total. The fraction of sp³-hybridized carbons (Fsp3) is 0.200. The number of hydrogen-bond donors (Lipinski definition) is 2. The molecule has 6 heteroatoms. The minimum atomic E-state index is -0.562. The number of hydrogen-bond acceptors (Lipinski definition) is 5. The third kappa shape index (κ3) is 2.74. The second kappa shape index (κ2) is 6.31. The first-order valence-corrected chi connectivity index (χ1v) is 8.30. The van der Waals surface area contributed by atoms with Crippen molar-refractivity contribution >= 4 is 6.08 Å². The molecular weight excluding hydrogens is 334 g/mol. The lowest BCUT2D eigenvalue weighted by atomic mass is 10.0. The number of aryl methyl sites for hydroxylation is 1. The average molecular weight is 352 g/mol. The maximum atomic E-state index is 12.9. The van der Waals surface area contributed by atoms with Gasteiger partial charge in [0.25, 0.3) is 0 Å². The Morgan fingerprint density at radius 2 is 2.15 bits per heavy atom. The zero-order valence-corrected chi connectivity index (χ0v) is 14.2. The van der Waals surface area contributed by atoms with E-state index in [1.807, 2.05) is 19.1 Å². The van der Waals surface area contributed by atoms with Crippen LogP contribution in [-0.2, 0) is 11.5 Å². The summed E-state index contributed by atoms with van der Waals surface area (Å²) < 4.78 is 10.8. The van der Waals surface area contributed by atoms with Crippen molar-refractivity contribution in [1.29, 1.82) is 0 Å². The summed E-state index contributed by atoms with van der Waals surface area (Å²) >= 11 is 0. The van der Waals surface area contributed by atoms with E-state index in [0.717, 1.165) is 5.76 Å². The van der Waals surface area contributed by atoms with E-state index in [1.165, 1.54) is 12.5 Å². The quantitative estimate of drug-likeness (QED) is 0.879. The molecule has 0 fully saturated rings. The highest BCUT2D eigenvalue weighted by molar-refractivity contribution is 5.62. The zero-order chi connectivity index (χ0) is 18.3. The summed E-state index contributed by atoms with van der Waals surface area (Å²) in [6, 6.07) is 6.61. The van der Waals surface area contributed by atoms with Crippen molar-refractivity contribution in [3.05, 3.63) is 88.4 Å². The number of nitrogens with zero attached hydrogens (tertiary/aromatic N) is 1. The van der Waals surface area contributed by atoms with E-state index in [9.17, 15) is 15.3 Å². The van der Waals surface area contributed by atoms with E-state index in [2.05, 4.69) is 0 Å². The van der Waals surface area contributed by atoms with Crippen molar-refractivity contribution in [1.82, 2.24) is 4.90 Å². The third-order valence-electron chi connectivity index (χ3n) is 4.54. The first-order chi connectivity index (χ1) is 12.6. The first-order valence-electron chi connectivity index (χ1n) is 8.30. The van der Waals surface area contributed by atoms with Gasteiger partial charge in [-0.15, -0.1) is 0 Å². The van der Waals surface area contributed by atoms with Crippen LogP contribution in [0.2, 0.25) is 0 Å². The summed E-state index contributed by atoms with van der Waals surface area (Å²) in [5.74, 6) is 1.88. The molecule has 26 heavy (non-hydrogen) atoms. The summed E-state index contributed by atoms with van der Waals surface area (Å²) in [6.07, 6.45) is 6.67. The SMILES string of the molecule is Cc1ccc(CC2=CC3=C([O])/C(=C/c4ccco4)C(CO)N3C=C2O)o1. The van der Waals surface area contributed by atoms with Crippen molar-refractivity contribution in [2.75, 3.05) is 6.61 Å². The maximum absolute atomic E-state index is 12.9. The Labute approximate surface area is 150 Å². The lowest BCUT2D eigenvalue weighted by molar-refractivity contribution is 0.216. The molecule has 133 valence electrons. The summed E-state index contributed by atoms with van der Waals surface area (Å²) in [5, 5.41) is 33.0. The molecule has 2 aliphatic rings. The maximum Gasteiger partial charge on any atom is 0.207 e. The fourth-order valence-electron chi connectivity index (χ4n) is 3.27. The predicted octanol–water partition coefficient (Wildman–Crippen LogP) is 3.47. The zero-order valence-electron chi connectivity index (χ0n) is 14.2. The van der Waals surface area contributed by atoms with Gasteiger partial charge in [-0.05, 0) is 43.3 Å². The van der Waals surface area contributed by atoms with Crippen LogP contribution < -0.4 is 0 Å². The summed E-state index contributed by atoms with van der Waals surface area (Å²) in [5.41, 5.74) is 1.43. The number of fused-ring (bicyclic) bond motifs is 1. The summed E-state index contributed by atoms with van der Waals surface area (Å²) in [7, 11) is 0. The molecular formula is C20H18NO5. The number of allylic oxidation sites excluding steroid dienone is 2. The van der Waals surface area contributed by atoms with Crippen LogP contribution in [0.15, 0.2) is 80.0 Å². The van der Waals surface area contributed by atoms with Crippen molar-refractivity contribution in [2.24, 2.45) is 0 Å². The van der Waals surface area contributed by atoms with E-state index in [-0.39, 0.29) is 18.1 Å². The van der Waals surface area contributed by atoms with E-state index < -0.39 is 6.04 Å². The molecule has 6 nitrogen and oxygen atoms in total. The highest BCUT2D eigenvalue weighted by Gasteiger charge is 2.38. The number of aliphatic hydroxyl groups excluding tert-OH is 2. The van der Waals surface area contributed by atoms with Crippen LogP contribution in [-0.4, -0.2) is 27.8 Å².